The molecule has 0 aliphatic rings. The van der Waals surface area contributed by atoms with Gasteiger partial charge in [0, 0.05) is 10.5 Å². The molecule has 0 bridgehead atoms. The molecule has 0 aliphatic heterocycles. The predicted octanol–water partition coefficient (Wildman–Crippen LogP) is 2.82. The molecular formula is C15H13FO3S. The van der Waals surface area contributed by atoms with Crippen molar-refractivity contribution in [1.82, 2.24) is 0 Å². The van der Waals surface area contributed by atoms with Crippen molar-refractivity contribution in [3.63, 3.8) is 0 Å². The Morgan fingerprint density at radius 1 is 1.20 bits per heavy atom. The molecule has 0 radical (unpaired) electrons. The van der Waals surface area contributed by atoms with E-state index >= 15 is 0 Å². The quantitative estimate of drug-likeness (QED) is 0.796. The van der Waals surface area contributed by atoms with Gasteiger partial charge in [-0.2, -0.15) is 0 Å². The SMILES string of the molecule is COc1cccc(C(=O)CS(=O)c2cccc(F)c2)c1. The first kappa shape index (κ1) is 14.4. The Hall–Kier alpha value is -2.01. The number of methoxy groups -OCH3 is 1. The van der Waals surface area contributed by atoms with E-state index in [0.717, 1.165) is 0 Å². The molecular weight excluding hydrogens is 279 g/mol. The van der Waals surface area contributed by atoms with Crippen molar-refractivity contribution in [2.75, 3.05) is 12.9 Å². The summed E-state index contributed by atoms with van der Waals surface area (Å²) in [5.74, 6) is -0.361. The van der Waals surface area contributed by atoms with Gasteiger partial charge in [-0.3, -0.25) is 9.00 Å². The number of benzene rings is 2. The van der Waals surface area contributed by atoms with Crippen molar-refractivity contribution in [3.05, 3.63) is 59.9 Å². The maximum atomic E-state index is 13.1. The van der Waals surface area contributed by atoms with E-state index in [4.69, 9.17) is 4.74 Å². The van der Waals surface area contributed by atoms with Crippen LogP contribution in [-0.2, 0) is 10.8 Å². The van der Waals surface area contributed by atoms with Crippen LogP contribution in [0.1, 0.15) is 10.4 Å². The molecule has 0 N–H and O–H groups in total. The van der Waals surface area contributed by atoms with E-state index in [1.807, 2.05) is 0 Å². The van der Waals surface area contributed by atoms with Crippen LogP contribution in [0, 0.1) is 5.82 Å². The number of ketones is 1. The monoisotopic (exact) mass is 292 g/mol. The minimum atomic E-state index is -1.56. The van der Waals surface area contributed by atoms with Crippen LogP contribution in [0.4, 0.5) is 4.39 Å². The highest BCUT2D eigenvalue weighted by molar-refractivity contribution is 7.85. The molecule has 0 aromatic heterocycles. The van der Waals surface area contributed by atoms with E-state index < -0.39 is 16.6 Å². The van der Waals surface area contributed by atoms with Crippen molar-refractivity contribution in [2.24, 2.45) is 0 Å². The van der Waals surface area contributed by atoms with Gasteiger partial charge in [0.05, 0.1) is 23.7 Å². The van der Waals surface area contributed by atoms with E-state index in [9.17, 15) is 13.4 Å². The fourth-order valence-electron chi connectivity index (χ4n) is 1.69. The Labute approximate surface area is 118 Å². The van der Waals surface area contributed by atoms with Gasteiger partial charge in [-0.15, -0.1) is 0 Å². The molecule has 2 rings (SSSR count). The number of rotatable bonds is 5. The molecule has 0 saturated heterocycles. The van der Waals surface area contributed by atoms with Crippen molar-refractivity contribution in [3.8, 4) is 5.75 Å². The number of carbonyl (C=O) groups is 1. The van der Waals surface area contributed by atoms with E-state index in [1.54, 1.807) is 24.3 Å². The van der Waals surface area contributed by atoms with Crippen LogP contribution >= 0.6 is 0 Å². The third kappa shape index (κ3) is 3.51. The smallest absolute Gasteiger partial charge is 0.175 e. The molecule has 0 amide bonds. The molecule has 3 nitrogen and oxygen atoms in total. The van der Waals surface area contributed by atoms with Gasteiger partial charge in [0.15, 0.2) is 5.78 Å². The lowest BCUT2D eigenvalue weighted by Crippen LogP contribution is -2.11. The topological polar surface area (TPSA) is 43.4 Å². The van der Waals surface area contributed by atoms with Gasteiger partial charge in [-0.25, -0.2) is 4.39 Å². The second kappa shape index (κ2) is 6.43. The predicted molar refractivity (Wildman–Crippen MR) is 75.0 cm³/mol. The largest absolute Gasteiger partial charge is 0.497 e. The summed E-state index contributed by atoms with van der Waals surface area (Å²) >= 11 is 0. The average molecular weight is 292 g/mol. The Bertz CT molecular complexity index is 655. The highest BCUT2D eigenvalue weighted by Crippen LogP contribution is 2.15. The summed E-state index contributed by atoms with van der Waals surface area (Å²) in [6.07, 6.45) is 0. The molecule has 2 aromatic rings. The van der Waals surface area contributed by atoms with Gasteiger partial charge in [0.1, 0.15) is 11.6 Å². The molecule has 0 saturated carbocycles. The highest BCUT2D eigenvalue weighted by atomic mass is 32.2. The summed E-state index contributed by atoms with van der Waals surface area (Å²) in [5, 5.41) is 0. The standard InChI is InChI=1S/C15H13FO3S/c1-19-13-6-2-4-11(8-13)15(17)10-20(18)14-7-3-5-12(16)9-14/h2-9H,10H2,1H3. The first-order chi connectivity index (χ1) is 9.60. The Morgan fingerprint density at radius 3 is 2.65 bits per heavy atom. The zero-order chi connectivity index (χ0) is 14.5. The lowest BCUT2D eigenvalue weighted by atomic mass is 10.1. The molecule has 104 valence electrons. The van der Waals surface area contributed by atoms with Gasteiger partial charge in [0.25, 0.3) is 0 Å². The van der Waals surface area contributed by atoms with E-state index in [2.05, 4.69) is 0 Å². The molecule has 1 atom stereocenters. The van der Waals surface area contributed by atoms with E-state index in [-0.39, 0.29) is 11.5 Å². The minimum Gasteiger partial charge on any atom is -0.497 e. The summed E-state index contributed by atoms with van der Waals surface area (Å²) in [4.78, 5) is 12.3. The Morgan fingerprint density at radius 2 is 1.95 bits per heavy atom. The second-order valence-electron chi connectivity index (χ2n) is 4.10. The maximum absolute atomic E-state index is 13.1. The second-order valence-corrected chi connectivity index (χ2v) is 5.55. The molecule has 0 fully saturated rings. The lowest BCUT2D eigenvalue weighted by molar-refractivity contribution is 0.102. The Kier molecular flexibility index (Phi) is 4.63. The number of carbonyl (C=O) groups excluding carboxylic acids is 1. The molecule has 2 aromatic carbocycles. The van der Waals surface area contributed by atoms with Gasteiger partial charge >= 0.3 is 0 Å². The first-order valence-electron chi connectivity index (χ1n) is 5.91. The summed E-state index contributed by atoms with van der Waals surface area (Å²) in [7, 11) is -0.0548. The highest BCUT2D eigenvalue weighted by Gasteiger charge is 2.13. The fourth-order valence-corrected chi connectivity index (χ4v) is 2.74. The number of hydrogen-bond donors (Lipinski definition) is 0. The number of halogens is 1. The number of hydrogen-bond acceptors (Lipinski definition) is 3. The van der Waals surface area contributed by atoms with Crippen molar-refractivity contribution >= 4 is 16.6 Å². The van der Waals surface area contributed by atoms with E-state index in [0.29, 0.717) is 16.2 Å². The van der Waals surface area contributed by atoms with Crippen molar-refractivity contribution in [2.45, 2.75) is 4.90 Å². The molecule has 0 heterocycles. The fraction of sp³-hybridized carbons (Fsp3) is 0.133. The lowest BCUT2D eigenvalue weighted by Gasteiger charge is -2.04. The van der Waals surface area contributed by atoms with Gasteiger partial charge < -0.3 is 4.74 Å². The van der Waals surface area contributed by atoms with Crippen molar-refractivity contribution in [1.29, 1.82) is 0 Å². The summed E-state index contributed by atoms with van der Waals surface area (Å²) in [6, 6.07) is 12.1. The van der Waals surface area contributed by atoms with Crippen LogP contribution in [-0.4, -0.2) is 22.9 Å². The average Bonchev–Trinajstić information content (AvgIpc) is 2.47. The van der Waals surface area contributed by atoms with Crippen LogP contribution < -0.4 is 4.74 Å². The minimum absolute atomic E-state index is 0.184. The molecule has 1 unspecified atom stereocenters. The van der Waals surface area contributed by atoms with Crippen molar-refractivity contribution < 1.29 is 18.1 Å². The third-order valence-corrected chi connectivity index (χ3v) is 4.02. The van der Waals surface area contributed by atoms with Crippen LogP contribution in [0.5, 0.6) is 5.75 Å². The van der Waals surface area contributed by atoms with E-state index in [1.165, 1.54) is 31.4 Å². The van der Waals surface area contributed by atoms with Crippen LogP contribution in [0.15, 0.2) is 53.4 Å². The van der Waals surface area contributed by atoms with Crippen LogP contribution in [0.2, 0.25) is 0 Å². The molecule has 20 heavy (non-hydrogen) atoms. The number of ether oxygens (including phenoxy) is 1. The van der Waals surface area contributed by atoms with Gasteiger partial charge in [-0.1, -0.05) is 18.2 Å². The first-order valence-corrected chi connectivity index (χ1v) is 7.23. The Balaban J connectivity index is 2.13. The van der Waals surface area contributed by atoms with Crippen LogP contribution in [0.3, 0.4) is 0 Å². The molecule has 0 aliphatic carbocycles. The molecule has 5 heteroatoms. The normalized spacial score (nSPS) is 11.9. The zero-order valence-corrected chi connectivity index (χ0v) is 11.7. The number of Topliss-reactive ketones (excluding diaryl/α,β-unsaturated/α-hetero) is 1. The summed E-state index contributed by atoms with van der Waals surface area (Å²) in [6.45, 7) is 0. The summed E-state index contributed by atoms with van der Waals surface area (Å²) < 4.78 is 30.1. The van der Waals surface area contributed by atoms with Crippen LogP contribution in [0.25, 0.3) is 0 Å². The van der Waals surface area contributed by atoms with Gasteiger partial charge in [0.2, 0.25) is 0 Å². The summed E-state index contributed by atoms with van der Waals surface area (Å²) in [5.41, 5.74) is 0.425. The molecule has 0 spiro atoms. The maximum Gasteiger partial charge on any atom is 0.175 e. The third-order valence-electron chi connectivity index (χ3n) is 2.71. The van der Waals surface area contributed by atoms with Gasteiger partial charge in [-0.05, 0) is 30.3 Å². The zero-order valence-electron chi connectivity index (χ0n) is 10.8.